The monoisotopic (exact) mass is 465 g/mol. The first-order valence-corrected chi connectivity index (χ1v) is 11.2. The number of carbonyl (C=O) groups is 1. The molecule has 0 spiro atoms. The highest BCUT2D eigenvalue weighted by Gasteiger charge is 2.61. The van der Waals surface area contributed by atoms with Crippen molar-refractivity contribution in [3.05, 3.63) is 137 Å². The van der Waals surface area contributed by atoms with Crippen molar-refractivity contribution in [3.63, 3.8) is 0 Å². The molecule has 0 unspecified atom stereocenters. The predicted molar refractivity (Wildman–Crippen MR) is 128 cm³/mol. The van der Waals surface area contributed by atoms with Gasteiger partial charge in [0.2, 0.25) is 0 Å². The molecule has 2 aliphatic heterocycles. The second-order valence-corrected chi connectivity index (χ2v) is 8.65. The molecule has 5 heteroatoms. The first-order chi connectivity index (χ1) is 16.9. The zero-order chi connectivity index (χ0) is 24.2. The quantitative estimate of drug-likeness (QED) is 0.285. The summed E-state index contributed by atoms with van der Waals surface area (Å²) in [5.41, 5.74) is 2.48. The van der Waals surface area contributed by atoms with Gasteiger partial charge in [-0.2, -0.15) is 13.2 Å². The van der Waals surface area contributed by atoms with E-state index in [1.54, 1.807) is 17.0 Å². The Balaban J connectivity index is 1.65. The van der Waals surface area contributed by atoms with E-state index in [9.17, 15) is 18.0 Å². The summed E-state index contributed by atoms with van der Waals surface area (Å²) in [5.74, 6) is 5.99. The lowest BCUT2D eigenvalue weighted by atomic mass is 9.73. The van der Waals surface area contributed by atoms with Gasteiger partial charge >= 0.3 is 6.18 Å². The standard InChI is InChI=1S/C30H18F3NO/c31-30(32,33)22-17-15-21(16-18-22)29-25-12-6-4-11-24(25)28(35)34(29)27-13-7-5-10-23(27)26(29)19-14-20-8-2-1-3-9-20/h1-13,15-18,26H/t26-,29-/m1/s1. The minimum absolute atomic E-state index is 0.183. The number of halogens is 3. The van der Waals surface area contributed by atoms with Crippen LogP contribution in [0.4, 0.5) is 18.9 Å². The average molecular weight is 465 g/mol. The Kier molecular flexibility index (Phi) is 4.62. The van der Waals surface area contributed by atoms with Crippen LogP contribution >= 0.6 is 0 Å². The van der Waals surface area contributed by atoms with Crippen molar-refractivity contribution in [2.24, 2.45) is 0 Å². The highest BCUT2D eigenvalue weighted by molar-refractivity contribution is 6.15. The lowest BCUT2D eigenvalue weighted by Gasteiger charge is -2.37. The van der Waals surface area contributed by atoms with Gasteiger partial charge in [0.15, 0.2) is 0 Å². The number of alkyl halides is 3. The van der Waals surface area contributed by atoms with Gasteiger partial charge in [-0.25, -0.2) is 0 Å². The molecule has 4 aromatic carbocycles. The number of rotatable bonds is 1. The van der Waals surface area contributed by atoms with Gasteiger partial charge < -0.3 is 0 Å². The summed E-state index contributed by atoms with van der Waals surface area (Å²) < 4.78 is 40.1. The molecule has 170 valence electrons. The summed E-state index contributed by atoms with van der Waals surface area (Å²) in [6.07, 6.45) is -4.45. The molecule has 0 saturated heterocycles. The van der Waals surface area contributed by atoms with E-state index in [1.807, 2.05) is 66.7 Å². The van der Waals surface area contributed by atoms with E-state index in [0.29, 0.717) is 11.1 Å². The maximum Gasteiger partial charge on any atom is 0.416 e. The van der Waals surface area contributed by atoms with Crippen LogP contribution in [0.3, 0.4) is 0 Å². The lowest BCUT2D eigenvalue weighted by molar-refractivity contribution is -0.137. The fourth-order valence-electron chi connectivity index (χ4n) is 5.37. The number of carbonyl (C=O) groups excluding carboxylic acids is 1. The van der Waals surface area contributed by atoms with Gasteiger partial charge in [0.1, 0.15) is 5.54 Å². The maximum absolute atomic E-state index is 13.8. The Morgan fingerprint density at radius 1 is 0.771 bits per heavy atom. The lowest BCUT2D eigenvalue weighted by Crippen LogP contribution is -2.44. The molecule has 6 rings (SSSR count). The van der Waals surface area contributed by atoms with E-state index in [4.69, 9.17) is 0 Å². The Hall–Kier alpha value is -4.30. The number of benzene rings is 4. The number of hydrogen-bond donors (Lipinski definition) is 0. The van der Waals surface area contributed by atoms with E-state index in [0.717, 1.165) is 34.5 Å². The highest BCUT2D eigenvalue weighted by atomic mass is 19.4. The predicted octanol–water partition coefficient (Wildman–Crippen LogP) is 6.76. The molecule has 0 bridgehead atoms. The summed E-state index contributed by atoms with van der Waals surface area (Å²) >= 11 is 0. The van der Waals surface area contributed by atoms with Crippen LogP contribution in [-0.4, -0.2) is 5.91 Å². The van der Waals surface area contributed by atoms with Crippen molar-refractivity contribution in [2.75, 3.05) is 4.90 Å². The van der Waals surface area contributed by atoms with E-state index < -0.39 is 23.2 Å². The van der Waals surface area contributed by atoms with Crippen LogP contribution in [0.25, 0.3) is 0 Å². The van der Waals surface area contributed by atoms with Gasteiger partial charge in [-0.3, -0.25) is 9.69 Å². The third kappa shape index (κ3) is 3.03. The molecule has 0 radical (unpaired) electrons. The summed E-state index contributed by atoms with van der Waals surface area (Å²) in [5, 5.41) is 0. The van der Waals surface area contributed by atoms with Crippen LogP contribution in [0.1, 0.15) is 44.1 Å². The maximum atomic E-state index is 13.8. The normalized spacial score (nSPS) is 20.0. The molecule has 0 N–H and O–H groups in total. The van der Waals surface area contributed by atoms with Crippen LogP contribution in [0.2, 0.25) is 0 Å². The van der Waals surface area contributed by atoms with Crippen LogP contribution in [0.5, 0.6) is 0 Å². The van der Waals surface area contributed by atoms with Gasteiger partial charge in [0.25, 0.3) is 5.91 Å². The molecule has 0 fully saturated rings. The first-order valence-electron chi connectivity index (χ1n) is 11.2. The summed E-state index contributed by atoms with van der Waals surface area (Å²) in [6, 6.07) is 29.5. The summed E-state index contributed by atoms with van der Waals surface area (Å²) in [4.78, 5) is 15.5. The van der Waals surface area contributed by atoms with E-state index in [-0.39, 0.29) is 5.91 Å². The molecular weight excluding hydrogens is 447 g/mol. The van der Waals surface area contributed by atoms with Crippen molar-refractivity contribution in [3.8, 4) is 11.8 Å². The minimum Gasteiger partial charge on any atom is -0.292 e. The zero-order valence-corrected chi connectivity index (χ0v) is 18.4. The molecule has 2 heterocycles. The molecule has 0 aromatic heterocycles. The Labute approximate surface area is 200 Å². The Morgan fingerprint density at radius 2 is 1.43 bits per heavy atom. The van der Waals surface area contributed by atoms with Crippen molar-refractivity contribution >= 4 is 11.6 Å². The minimum atomic E-state index is -4.45. The number of anilines is 1. The Morgan fingerprint density at radius 3 is 2.17 bits per heavy atom. The molecule has 2 nitrogen and oxygen atoms in total. The largest absolute Gasteiger partial charge is 0.416 e. The van der Waals surface area contributed by atoms with E-state index in [1.165, 1.54) is 12.1 Å². The smallest absolute Gasteiger partial charge is 0.292 e. The number of hydrogen-bond acceptors (Lipinski definition) is 1. The van der Waals surface area contributed by atoms with E-state index in [2.05, 4.69) is 11.8 Å². The topological polar surface area (TPSA) is 20.3 Å². The van der Waals surface area contributed by atoms with Crippen molar-refractivity contribution in [2.45, 2.75) is 17.6 Å². The van der Waals surface area contributed by atoms with Crippen molar-refractivity contribution in [1.29, 1.82) is 0 Å². The Bertz CT molecular complexity index is 1510. The van der Waals surface area contributed by atoms with Gasteiger partial charge in [-0.05, 0) is 53.1 Å². The van der Waals surface area contributed by atoms with Crippen molar-refractivity contribution in [1.82, 2.24) is 0 Å². The van der Waals surface area contributed by atoms with Crippen LogP contribution in [0.15, 0.2) is 103 Å². The van der Waals surface area contributed by atoms with Crippen LogP contribution in [-0.2, 0) is 11.7 Å². The number of para-hydroxylation sites is 1. The number of amides is 1. The average Bonchev–Trinajstić information content (AvgIpc) is 3.32. The molecular formula is C30H18F3NO. The SMILES string of the molecule is O=C1c2ccccc2[C@]2(c3ccc(C(F)(F)F)cc3)[C@H](C#Cc3ccccc3)c3ccccc3N12. The molecule has 4 aromatic rings. The van der Waals surface area contributed by atoms with Gasteiger partial charge in [0, 0.05) is 16.8 Å². The molecule has 35 heavy (non-hydrogen) atoms. The highest BCUT2D eigenvalue weighted by Crippen LogP contribution is 2.60. The van der Waals surface area contributed by atoms with Crippen LogP contribution in [0, 0.1) is 11.8 Å². The molecule has 2 aliphatic rings. The number of fused-ring (bicyclic) bond motifs is 5. The first kappa shape index (κ1) is 21.2. The second-order valence-electron chi connectivity index (χ2n) is 8.65. The summed E-state index contributed by atoms with van der Waals surface area (Å²) in [6.45, 7) is 0. The van der Waals surface area contributed by atoms with Gasteiger partial charge in [-0.15, -0.1) is 0 Å². The zero-order valence-electron chi connectivity index (χ0n) is 18.4. The second kappa shape index (κ2) is 7.61. The van der Waals surface area contributed by atoms with Gasteiger partial charge in [-0.1, -0.05) is 78.6 Å². The van der Waals surface area contributed by atoms with E-state index >= 15 is 0 Å². The summed E-state index contributed by atoms with van der Waals surface area (Å²) in [7, 11) is 0. The van der Waals surface area contributed by atoms with Crippen molar-refractivity contribution < 1.29 is 18.0 Å². The third-order valence-corrected chi connectivity index (χ3v) is 6.82. The molecule has 2 atom stereocenters. The molecule has 0 aliphatic carbocycles. The van der Waals surface area contributed by atoms with Crippen LogP contribution < -0.4 is 4.90 Å². The fraction of sp³-hybridized carbons (Fsp3) is 0.100. The molecule has 0 saturated carbocycles. The number of nitrogens with zero attached hydrogens (tertiary/aromatic N) is 1. The molecule has 1 amide bonds. The van der Waals surface area contributed by atoms with Gasteiger partial charge in [0.05, 0.1) is 11.5 Å². The fourth-order valence-corrected chi connectivity index (χ4v) is 5.37. The third-order valence-electron chi connectivity index (χ3n) is 6.82.